The highest BCUT2D eigenvalue weighted by molar-refractivity contribution is 8.18. The molecule has 0 aliphatic carbocycles. The predicted octanol–water partition coefficient (Wildman–Crippen LogP) is 4.76. The number of ether oxygens (including phenoxy) is 1. The van der Waals surface area contributed by atoms with E-state index >= 15 is 0 Å². The summed E-state index contributed by atoms with van der Waals surface area (Å²) in [5.74, 6) is 0.416. The lowest BCUT2D eigenvalue weighted by molar-refractivity contribution is -0.122. The quantitative estimate of drug-likeness (QED) is 0.748. The van der Waals surface area contributed by atoms with Gasteiger partial charge >= 0.3 is 0 Å². The second kappa shape index (κ2) is 7.85. The summed E-state index contributed by atoms with van der Waals surface area (Å²) in [4.78, 5) is 26.3. The van der Waals surface area contributed by atoms with Crippen LogP contribution in [0, 0.1) is 6.92 Å². The molecule has 2 aromatic rings. The fraction of sp³-hybridized carbons (Fsp3) is 0.158. The van der Waals surface area contributed by atoms with Crippen LogP contribution < -0.4 is 10.1 Å². The molecule has 1 fully saturated rings. The molecule has 1 N–H and O–H groups in total. The van der Waals surface area contributed by atoms with Gasteiger partial charge in [0, 0.05) is 10.7 Å². The molecule has 2 amide bonds. The number of carbonyl (C=O) groups is 2. The first-order valence-electron chi connectivity index (χ1n) is 7.88. The molecular weight excluding hydrogens is 372 g/mol. The van der Waals surface area contributed by atoms with Crippen LogP contribution in [-0.2, 0) is 4.79 Å². The highest BCUT2D eigenvalue weighted by atomic mass is 35.5. The molecule has 5 nitrogen and oxygen atoms in total. The number of benzene rings is 2. The number of thioether (sulfide) groups is 1. The summed E-state index contributed by atoms with van der Waals surface area (Å²) in [6.45, 7) is 1.97. The van der Waals surface area contributed by atoms with E-state index in [2.05, 4.69) is 5.32 Å². The first-order chi connectivity index (χ1) is 12.5. The molecule has 0 bridgehead atoms. The van der Waals surface area contributed by atoms with Crippen LogP contribution in [0.4, 0.5) is 10.5 Å². The van der Waals surface area contributed by atoms with Crippen LogP contribution in [0.5, 0.6) is 5.75 Å². The molecule has 0 spiro atoms. The predicted molar refractivity (Wildman–Crippen MR) is 105 cm³/mol. The van der Waals surface area contributed by atoms with Gasteiger partial charge < -0.3 is 10.1 Å². The van der Waals surface area contributed by atoms with E-state index in [-0.39, 0.29) is 17.8 Å². The monoisotopic (exact) mass is 388 g/mol. The molecule has 134 valence electrons. The maximum absolute atomic E-state index is 12.5. The molecule has 0 aromatic heterocycles. The van der Waals surface area contributed by atoms with Crippen molar-refractivity contribution in [2.45, 2.75) is 6.92 Å². The molecule has 0 unspecified atom stereocenters. The molecule has 2 aromatic carbocycles. The van der Waals surface area contributed by atoms with Gasteiger partial charge in [0.2, 0.25) is 0 Å². The average molecular weight is 389 g/mol. The van der Waals surface area contributed by atoms with E-state index in [4.69, 9.17) is 16.3 Å². The molecule has 1 aliphatic rings. The van der Waals surface area contributed by atoms with Crippen molar-refractivity contribution in [1.29, 1.82) is 0 Å². The summed E-state index contributed by atoms with van der Waals surface area (Å²) in [6, 6.07) is 12.7. The summed E-state index contributed by atoms with van der Waals surface area (Å²) in [6.07, 6.45) is 1.70. The van der Waals surface area contributed by atoms with Gasteiger partial charge in [0.25, 0.3) is 11.1 Å². The first kappa shape index (κ1) is 18.4. The Hall–Kier alpha value is -2.44. The van der Waals surface area contributed by atoms with E-state index in [0.717, 1.165) is 34.3 Å². The van der Waals surface area contributed by atoms with Gasteiger partial charge in [-0.1, -0.05) is 29.8 Å². The summed E-state index contributed by atoms with van der Waals surface area (Å²) in [5, 5.41) is 3.42. The minimum atomic E-state index is -0.317. The number of imide groups is 1. The maximum atomic E-state index is 12.5. The topological polar surface area (TPSA) is 58.6 Å². The summed E-state index contributed by atoms with van der Waals surface area (Å²) in [7, 11) is 1.59. The van der Waals surface area contributed by atoms with Gasteiger partial charge in [-0.05, 0) is 60.2 Å². The number of hydrogen-bond acceptors (Lipinski definition) is 5. The Morgan fingerprint density at radius 3 is 2.62 bits per heavy atom. The van der Waals surface area contributed by atoms with Crippen LogP contribution in [0.1, 0.15) is 11.1 Å². The number of hydrogen-bond donors (Lipinski definition) is 1. The lowest BCUT2D eigenvalue weighted by Crippen LogP contribution is -2.33. The van der Waals surface area contributed by atoms with E-state index in [0.29, 0.717) is 9.93 Å². The van der Waals surface area contributed by atoms with Crippen molar-refractivity contribution in [1.82, 2.24) is 4.90 Å². The molecule has 1 saturated heterocycles. The highest BCUT2D eigenvalue weighted by Crippen LogP contribution is 2.32. The fourth-order valence-corrected chi connectivity index (χ4v) is 3.46. The zero-order valence-electron chi connectivity index (χ0n) is 14.3. The van der Waals surface area contributed by atoms with Crippen molar-refractivity contribution in [3.05, 3.63) is 63.5 Å². The second-order valence-electron chi connectivity index (χ2n) is 5.63. The third kappa shape index (κ3) is 3.86. The van der Waals surface area contributed by atoms with Gasteiger partial charge in [0.05, 0.1) is 18.7 Å². The molecule has 3 rings (SSSR count). The van der Waals surface area contributed by atoms with Crippen LogP contribution in [0.2, 0.25) is 5.02 Å². The van der Waals surface area contributed by atoms with Gasteiger partial charge in [-0.2, -0.15) is 0 Å². The Balaban J connectivity index is 1.72. The van der Waals surface area contributed by atoms with Gasteiger partial charge in [-0.3, -0.25) is 14.5 Å². The second-order valence-corrected chi connectivity index (χ2v) is 7.03. The van der Waals surface area contributed by atoms with Gasteiger partial charge in [-0.15, -0.1) is 0 Å². The minimum absolute atomic E-state index is 0.0891. The van der Waals surface area contributed by atoms with Crippen molar-refractivity contribution < 1.29 is 14.3 Å². The largest absolute Gasteiger partial charge is 0.497 e. The number of methoxy groups -OCH3 is 1. The molecule has 0 saturated carbocycles. The summed E-state index contributed by atoms with van der Waals surface area (Å²) >= 11 is 7.02. The molecule has 26 heavy (non-hydrogen) atoms. The Morgan fingerprint density at radius 2 is 1.92 bits per heavy atom. The number of nitrogens with zero attached hydrogens (tertiary/aromatic N) is 1. The Bertz CT molecular complexity index is 881. The molecule has 1 aliphatic heterocycles. The van der Waals surface area contributed by atoms with Crippen LogP contribution >= 0.6 is 23.4 Å². The summed E-state index contributed by atoms with van der Waals surface area (Å²) in [5.41, 5.74) is 2.49. The van der Waals surface area contributed by atoms with Crippen LogP contribution in [0.15, 0.2) is 47.4 Å². The number of amides is 2. The Kier molecular flexibility index (Phi) is 5.54. The molecular formula is C19H17ClN2O3S. The van der Waals surface area contributed by atoms with E-state index in [9.17, 15) is 9.59 Å². The molecule has 1 heterocycles. The zero-order valence-corrected chi connectivity index (χ0v) is 15.9. The Morgan fingerprint density at radius 1 is 1.19 bits per heavy atom. The van der Waals surface area contributed by atoms with Crippen molar-refractivity contribution in [3.8, 4) is 5.75 Å². The van der Waals surface area contributed by atoms with Crippen LogP contribution in [0.25, 0.3) is 6.08 Å². The average Bonchev–Trinajstić information content (AvgIpc) is 2.90. The minimum Gasteiger partial charge on any atom is -0.497 e. The first-order valence-corrected chi connectivity index (χ1v) is 9.07. The third-order valence-corrected chi connectivity index (χ3v) is 5.30. The Labute approximate surface area is 161 Å². The van der Waals surface area contributed by atoms with Gasteiger partial charge in [0.15, 0.2) is 0 Å². The van der Waals surface area contributed by atoms with Crippen molar-refractivity contribution >= 4 is 46.3 Å². The lowest BCUT2D eigenvalue weighted by Gasteiger charge is -2.16. The number of halogens is 1. The molecule has 0 radical (unpaired) electrons. The van der Waals surface area contributed by atoms with Crippen LogP contribution in [-0.4, -0.2) is 29.8 Å². The van der Waals surface area contributed by atoms with Crippen molar-refractivity contribution in [2.75, 3.05) is 19.1 Å². The number of anilines is 1. The summed E-state index contributed by atoms with van der Waals surface area (Å²) < 4.78 is 5.11. The SMILES string of the molecule is COc1ccc(/C=C2\SC(=O)N(CNc3cccc(Cl)c3C)C2=O)cc1. The van der Waals surface area contributed by atoms with Crippen molar-refractivity contribution in [3.63, 3.8) is 0 Å². The lowest BCUT2D eigenvalue weighted by atomic mass is 10.2. The van der Waals surface area contributed by atoms with E-state index in [1.165, 1.54) is 4.90 Å². The number of nitrogens with one attached hydrogen (secondary N) is 1. The number of carbonyl (C=O) groups excluding carboxylic acids is 2. The highest BCUT2D eigenvalue weighted by Gasteiger charge is 2.34. The molecule has 7 heteroatoms. The van der Waals surface area contributed by atoms with E-state index < -0.39 is 0 Å². The maximum Gasteiger partial charge on any atom is 0.295 e. The molecule has 0 atom stereocenters. The van der Waals surface area contributed by atoms with Gasteiger partial charge in [0.1, 0.15) is 5.75 Å². The zero-order chi connectivity index (χ0) is 18.7. The van der Waals surface area contributed by atoms with Crippen molar-refractivity contribution in [2.24, 2.45) is 0 Å². The standard InChI is InChI=1S/C19H17ClN2O3S/c1-12-15(20)4-3-5-16(12)21-11-22-18(23)17(26-19(22)24)10-13-6-8-14(25-2)9-7-13/h3-10,21H,11H2,1-2H3/b17-10-. The van der Waals surface area contributed by atoms with Gasteiger partial charge in [-0.25, -0.2) is 0 Å². The normalized spacial score (nSPS) is 15.7. The number of rotatable bonds is 5. The third-order valence-electron chi connectivity index (χ3n) is 3.98. The fourth-order valence-electron chi connectivity index (χ4n) is 2.45. The van der Waals surface area contributed by atoms with E-state index in [1.807, 2.05) is 31.2 Å². The smallest absolute Gasteiger partial charge is 0.295 e. The van der Waals surface area contributed by atoms with Crippen LogP contribution in [0.3, 0.4) is 0 Å². The van der Waals surface area contributed by atoms with E-state index in [1.54, 1.807) is 31.4 Å².